The smallest absolute Gasteiger partial charge is 0.426 e. The first kappa shape index (κ1) is 12.2. The summed E-state index contributed by atoms with van der Waals surface area (Å²) in [6.45, 7) is 0. The molecule has 0 radical (unpaired) electrons. The number of ether oxygens (including phenoxy) is 1. The topological polar surface area (TPSA) is 9.23 Å². The normalized spacial score (nSPS) is 12.7. The molecule has 0 atom stereocenters. The summed E-state index contributed by atoms with van der Waals surface area (Å²) >= 11 is 2.91. The summed E-state index contributed by atoms with van der Waals surface area (Å²) in [6, 6.07) is 4.77. The van der Waals surface area contributed by atoms with Crippen LogP contribution in [0.3, 0.4) is 0 Å². The maximum absolute atomic E-state index is 12.4. The van der Waals surface area contributed by atoms with Crippen molar-refractivity contribution in [2.45, 2.75) is 12.3 Å². The fraction of sp³-hybridized carbons (Fsp3) is 0.250. The zero-order chi connectivity index (χ0) is 11.7. The summed E-state index contributed by atoms with van der Waals surface area (Å²) in [4.78, 5) is 0. The van der Waals surface area contributed by atoms with E-state index in [1.165, 1.54) is 12.1 Å². The van der Waals surface area contributed by atoms with Crippen LogP contribution in [0.4, 0.5) is 22.0 Å². The minimum absolute atomic E-state index is 0.345. The monoisotopic (exact) mass is 290 g/mol. The number of rotatable bonds is 2. The van der Waals surface area contributed by atoms with Gasteiger partial charge in [-0.2, -0.15) is 22.0 Å². The van der Waals surface area contributed by atoms with Crippen LogP contribution in [-0.2, 0) is 0 Å². The Kier molecular flexibility index (Phi) is 3.22. The molecular weight excluding hydrogens is 287 g/mol. The zero-order valence-corrected chi connectivity index (χ0v) is 8.57. The number of hydrogen-bond acceptors (Lipinski definition) is 1. The van der Waals surface area contributed by atoms with Crippen molar-refractivity contribution in [2.75, 3.05) is 0 Å². The molecule has 0 spiro atoms. The molecule has 0 unspecified atom stereocenters. The van der Waals surface area contributed by atoms with Crippen LogP contribution in [-0.4, -0.2) is 12.3 Å². The molecule has 0 heterocycles. The SMILES string of the molecule is FC(F)(F)C(F)(F)Oc1cccc(Br)c1. The van der Waals surface area contributed by atoms with E-state index in [4.69, 9.17) is 0 Å². The molecule has 1 nitrogen and oxygen atoms in total. The molecular formula is C8H4BrF5O. The molecule has 1 aromatic carbocycles. The van der Waals surface area contributed by atoms with Gasteiger partial charge in [0.2, 0.25) is 0 Å². The average molecular weight is 291 g/mol. The van der Waals surface area contributed by atoms with Crippen molar-refractivity contribution >= 4 is 15.9 Å². The van der Waals surface area contributed by atoms with E-state index >= 15 is 0 Å². The number of hydrogen-bond donors (Lipinski definition) is 0. The second-order valence-corrected chi connectivity index (χ2v) is 3.49. The standard InChI is InChI=1S/C8H4BrF5O/c9-5-2-1-3-6(4-5)15-8(13,14)7(10,11)12/h1-4H. The van der Waals surface area contributed by atoms with Gasteiger partial charge in [-0.15, -0.1) is 0 Å². The highest BCUT2D eigenvalue weighted by molar-refractivity contribution is 9.10. The van der Waals surface area contributed by atoms with Crippen LogP contribution in [0.25, 0.3) is 0 Å². The number of alkyl halides is 5. The van der Waals surface area contributed by atoms with Crippen molar-refractivity contribution < 1.29 is 26.7 Å². The molecule has 1 aromatic rings. The molecule has 0 saturated heterocycles. The number of halogens is 6. The van der Waals surface area contributed by atoms with Crippen molar-refractivity contribution in [3.05, 3.63) is 28.7 Å². The third-order valence-electron chi connectivity index (χ3n) is 1.37. The average Bonchev–Trinajstić information content (AvgIpc) is 2.00. The van der Waals surface area contributed by atoms with E-state index in [1.807, 2.05) is 0 Å². The van der Waals surface area contributed by atoms with Crippen LogP contribution in [0.1, 0.15) is 0 Å². The van der Waals surface area contributed by atoms with Gasteiger partial charge in [-0.25, -0.2) is 0 Å². The highest BCUT2D eigenvalue weighted by Crippen LogP contribution is 2.37. The van der Waals surface area contributed by atoms with Crippen LogP contribution < -0.4 is 4.74 Å². The Balaban J connectivity index is 2.87. The van der Waals surface area contributed by atoms with Crippen LogP contribution in [0.5, 0.6) is 5.75 Å². The van der Waals surface area contributed by atoms with E-state index in [0.29, 0.717) is 4.47 Å². The molecule has 0 aliphatic heterocycles. The van der Waals surface area contributed by atoms with Gasteiger partial charge in [0.25, 0.3) is 0 Å². The molecule has 0 aromatic heterocycles. The maximum atomic E-state index is 12.4. The highest BCUT2D eigenvalue weighted by Gasteiger charge is 2.61. The minimum atomic E-state index is -5.73. The first-order chi connectivity index (χ1) is 6.72. The lowest BCUT2D eigenvalue weighted by Gasteiger charge is -2.20. The molecule has 15 heavy (non-hydrogen) atoms. The predicted molar refractivity (Wildman–Crippen MR) is 45.8 cm³/mol. The Bertz CT molecular complexity index is 349. The van der Waals surface area contributed by atoms with Gasteiger partial charge in [0.15, 0.2) is 0 Å². The third kappa shape index (κ3) is 3.05. The molecule has 84 valence electrons. The van der Waals surface area contributed by atoms with Crippen LogP contribution in [0, 0.1) is 0 Å². The van der Waals surface area contributed by atoms with Crippen LogP contribution in [0.2, 0.25) is 0 Å². The minimum Gasteiger partial charge on any atom is -0.426 e. The Morgan fingerprint density at radius 2 is 1.67 bits per heavy atom. The molecule has 0 fully saturated rings. The molecule has 1 rings (SSSR count). The van der Waals surface area contributed by atoms with Crippen molar-refractivity contribution in [3.8, 4) is 5.75 Å². The molecule has 0 amide bonds. The highest BCUT2D eigenvalue weighted by atomic mass is 79.9. The van der Waals surface area contributed by atoms with Gasteiger partial charge in [-0.1, -0.05) is 22.0 Å². The van der Waals surface area contributed by atoms with Crippen molar-refractivity contribution in [2.24, 2.45) is 0 Å². The lowest BCUT2D eigenvalue weighted by Crippen LogP contribution is -2.41. The summed E-state index contributed by atoms with van der Waals surface area (Å²) in [5.74, 6) is -0.563. The predicted octanol–water partition coefficient (Wildman–Crippen LogP) is 3.98. The first-order valence-corrected chi connectivity index (χ1v) is 4.41. The quantitative estimate of drug-likeness (QED) is 0.749. The van der Waals surface area contributed by atoms with E-state index in [9.17, 15) is 22.0 Å². The van der Waals surface area contributed by atoms with Gasteiger partial charge < -0.3 is 4.74 Å². The van der Waals surface area contributed by atoms with Gasteiger partial charge in [-0.05, 0) is 18.2 Å². The molecule has 7 heteroatoms. The molecule has 0 bridgehead atoms. The van der Waals surface area contributed by atoms with Gasteiger partial charge in [-0.3, -0.25) is 0 Å². The largest absolute Gasteiger partial charge is 0.499 e. The Hall–Kier alpha value is -0.850. The number of benzene rings is 1. The van der Waals surface area contributed by atoms with Gasteiger partial charge in [0, 0.05) is 4.47 Å². The Labute approximate surface area is 90.0 Å². The van der Waals surface area contributed by atoms with Gasteiger partial charge in [0.1, 0.15) is 5.75 Å². The fourth-order valence-corrected chi connectivity index (χ4v) is 1.11. The van der Waals surface area contributed by atoms with E-state index in [0.717, 1.165) is 12.1 Å². The Morgan fingerprint density at radius 1 is 1.07 bits per heavy atom. The van der Waals surface area contributed by atoms with Crippen LogP contribution >= 0.6 is 15.9 Å². The maximum Gasteiger partial charge on any atom is 0.499 e. The van der Waals surface area contributed by atoms with E-state index < -0.39 is 18.0 Å². The molecule has 0 aliphatic carbocycles. The summed E-state index contributed by atoms with van der Waals surface area (Å²) in [5.41, 5.74) is 0. The third-order valence-corrected chi connectivity index (χ3v) is 1.87. The van der Waals surface area contributed by atoms with Crippen molar-refractivity contribution in [1.82, 2.24) is 0 Å². The molecule has 0 saturated carbocycles. The van der Waals surface area contributed by atoms with Crippen molar-refractivity contribution in [3.63, 3.8) is 0 Å². The second kappa shape index (κ2) is 3.96. The lowest BCUT2D eigenvalue weighted by molar-refractivity contribution is -0.360. The lowest BCUT2D eigenvalue weighted by atomic mass is 10.3. The summed E-state index contributed by atoms with van der Waals surface area (Å²) < 4.78 is 63.9. The Morgan fingerprint density at radius 3 is 2.13 bits per heavy atom. The van der Waals surface area contributed by atoms with E-state index in [-0.39, 0.29) is 0 Å². The summed E-state index contributed by atoms with van der Waals surface area (Å²) in [5, 5.41) is 0. The zero-order valence-electron chi connectivity index (χ0n) is 6.99. The van der Waals surface area contributed by atoms with Gasteiger partial charge in [0.05, 0.1) is 0 Å². The van der Waals surface area contributed by atoms with Crippen molar-refractivity contribution in [1.29, 1.82) is 0 Å². The van der Waals surface area contributed by atoms with E-state index in [1.54, 1.807) is 0 Å². The van der Waals surface area contributed by atoms with Gasteiger partial charge >= 0.3 is 12.3 Å². The van der Waals surface area contributed by atoms with E-state index in [2.05, 4.69) is 20.7 Å². The summed E-state index contributed by atoms with van der Waals surface area (Å²) in [7, 11) is 0. The molecule has 0 N–H and O–H groups in total. The first-order valence-electron chi connectivity index (χ1n) is 3.61. The van der Waals surface area contributed by atoms with Crippen LogP contribution in [0.15, 0.2) is 28.7 Å². The molecule has 0 aliphatic rings. The second-order valence-electron chi connectivity index (χ2n) is 2.57. The summed E-state index contributed by atoms with van der Waals surface area (Å²) in [6.07, 6.45) is -10.9. The fourth-order valence-electron chi connectivity index (χ4n) is 0.736.